The predicted molar refractivity (Wildman–Crippen MR) is 105 cm³/mol. The average Bonchev–Trinajstić information content (AvgIpc) is 2.56. The molecule has 0 amide bonds. The van der Waals surface area contributed by atoms with E-state index in [1.807, 2.05) is 18.2 Å². The van der Waals surface area contributed by atoms with Crippen LogP contribution in [0.3, 0.4) is 0 Å². The summed E-state index contributed by atoms with van der Waals surface area (Å²) >= 11 is 0. The van der Waals surface area contributed by atoms with Crippen LogP contribution in [0.1, 0.15) is 57.8 Å². The van der Waals surface area contributed by atoms with Crippen molar-refractivity contribution in [1.82, 2.24) is 0 Å². The molecule has 2 heteroatoms. The monoisotopic (exact) mass is 328 g/mol. The van der Waals surface area contributed by atoms with Gasteiger partial charge in [0.1, 0.15) is 0 Å². The molecule has 0 heterocycles. The average molecular weight is 328 g/mol. The Morgan fingerprint density at radius 2 is 1.29 bits per heavy atom. The molecule has 0 aliphatic heterocycles. The largest absolute Gasteiger partial charge is 0.481 e. The van der Waals surface area contributed by atoms with Gasteiger partial charge in [-0.1, -0.05) is 79.7 Å². The molecule has 0 radical (unpaired) electrons. The van der Waals surface area contributed by atoms with Crippen LogP contribution in [-0.2, 0) is 4.79 Å². The fourth-order valence-electron chi connectivity index (χ4n) is 1.99. The van der Waals surface area contributed by atoms with E-state index in [1.54, 1.807) is 0 Å². The van der Waals surface area contributed by atoms with Gasteiger partial charge in [-0.15, -0.1) is 6.58 Å². The van der Waals surface area contributed by atoms with Crippen molar-refractivity contribution in [3.8, 4) is 0 Å². The number of unbranched alkanes of at least 4 members (excludes halogenated alkanes) is 4. The van der Waals surface area contributed by atoms with Gasteiger partial charge < -0.3 is 5.11 Å². The van der Waals surface area contributed by atoms with Gasteiger partial charge in [0.15, 0.2) is 0 Å². The Morgan fingerprint density at radius 1 is 0.708 bits per heavy atom. The van der Waals surface area contributed by atoms with Gasteiger partial charge in [-0.25, -0.2) is 0 Å². The van der Waals surface area contributed by atoms with Gasteiger partial charge in [0.25, 0.3) is 0 Å². The Hall–Kier alpha value is -2.09. The van der Waals surface area contributed by atoms with E-state index >= 15 is 0 Å². The van der Waals surface area contributed by atoms with Crippen LogP contribution in [0.4, 0.5) is 0 Å². The minimum Gasteiger partial charge on any atom is -0.481 e. The maximum atomic E-state index is 10.3. The van der Waals surface area contributed by atoms with E-state index < -0.39 is 5.97 Å². The van der Waals surface area contributed by atoms with E-state index in [0.29, 0.717) is 6.42 Å². The SMILES string of the molecule is C=CC/C=C/C/C=C/C/C=C/C=C/C=C/CCCCCCC(=O)O. The van der Waals surface area contributed by atoms with Crippen molar-refractivity contribution in [2.24, 2.45) is 0 Å². The molecule has 1 N–H and O–H groups in total. The first-order chi connectivity index (χ1) is 11.8. The normalized spacial score (nSPS) is 12.5. The fraction of sp³-hybridized carbons (Fsp3) is 0.409. The van der Waals surface area contributed by atoms with Crippen LogP contribution in [0, 0.1) is 0 Å². The summed E-state index contributed by atoms with van der Waals surface area (Å²) in [5.41, 5.74) is 0. The van der Waals surface area contributed by atoms with Crippen LogP contribution in [0.5, 0.6) is 0 Å². The lowest BCUT2D eigenvalue weighted by molar-refractivity contribution is -0.137. The van der Waals surface area contributed by atoms with Gasteiger partial charge in [-0.3, -0.25) is 4.79 Å². The van der Waals surface area contributed by atoms with Crippen LogP contribution < -0.4 is 0 Å². The quantitative estimate of drug-likeness (QED) is 0.210. The molecule has 0 aromatic rings. The molecule has 24 heavy (non-hydrogen) atoms. The fourth-order valence-corrected chi connectivity index (χ4v) is 1.99. The van der Waals surface area contributed by atoms with Crippen LogP contribution in [0.2, 0.25) is 0 Å². The zero-order valence-corrected chi connectivity index (χ0v) is 14.8. The molecule has 0 saturated heterocycles. The molecule has 0 unspecified atom stereocenters. The zero-order chi connectivity index (χ0) is 17.7. The molecular formula is C22H32O2. The third-order valence-electron chi connectivity index (χ3n) is 3.30. The Balaban J connectivity index is 3.48. The standard InChI is InChI=1S/C22H32O2/c1-2-3-4-5-6-7-8-9-10-11-12-13-14-15-16-17-18-19-20-21-22(23)24/h2,4-5,7-8,10-15H,1,3,6,9,16-21H2,(H,23,24)/b5-4+,8-7+,11-10+,13-12+,15-14+. The lowest BCUT2D eigenvalue weighted by Gasteiger charge is -1.96. The Kier molecular flexibility index (Phi) is 17.3. The molecule has 0 fully saturated rings. The maximum Gasteiger partial charge on any atom is 0.303 e. The highest BCUT2D eigenvalue weighted by atomic mass is 16.4. The first-order valence-corrected chi connectivity index (χ1v) is 8.88. The highest BCUT2D eigenvalue weighted by molar-refractivity contribution is 5.66. The van der Waals surface area contributed by atoms with Crippen molar-refractivity contribution in [1.29, 1.82) is 0 Å². The second-order valence-corrected chi connectivity index (χ2v) is 5.53. The van der Waals surface area contributed by atoms with Crippen LogP contribution >= 0.6 is 0 Å². The van der Waals surface area contributed by atoms with E-state index in [4.69, 9.17) is 5.11 Å². The molecule has 0 spiro atoms. The predicted octanol–water partition coefficient (Wildman–Crippen LogP) is 6.55. The van der Waals surface area contributed by atoms with Crippen LogP contribution in [0.25, 0.3) is 0 Å². The van der Waals surface area contributed by atoms with Crippen LogP contribution in [-0.4, -0.2) is 11.1 Å². The summed E-state index contributed by atoms with van der Waals surface area (Å²) in [5, 5.41) is 8.52. The minimum atomic E-state index is -0.691. The topological polar surface area (TPSA) is 37.3 Å². The molecule has 0 aromatic heterocycles. The molecule has 0 aliphatic carbocycles. The third kappa shape index (κ3) is 19.9. The number of aliphatic carboxylic acids is 1. The zero-order valence-electron chi connectivity index (χ0n) is 14.8. The lowest BCUT2D eigenvalue weighted by Crippen LogP contribution is -1.93. The van der Waals surface area contributed by atoms with E-state index in [2.05, 4.69) is 55.2 Å². The van der Waals surface area contributed by atoms with Crippen molar-refractivity contribution in [2.75, 3.05) is 0 Å². The first-order valence-electron chi connectivity index (χ1n) is 8.88. The third-order valence-corrected chi connectivity index (χ3v) is 3.30. The number of carboxylic acids is 1. The van der Waals surface area contributed by atoms with Crippen molar-refractivity contribution in [3.05, 3.63) is 73.4 Å². The summed E-state index contributed by atoms with van der Waals surface area (Å²) in [4.78, 5) is 10.3. The van der Waals surface area contributed by atoms with Gasteiger partial charge in [-0.2, -0.15) is 0 Å². The number of hydrogen-bond acceptors (Lipinski definition) is 1. The summed E-state index contributed by atoms with van der Waals surface area (Å²) in [6, 6.07) is 0. The van der Waals surface area contributed by atoms with Crippen molar-refractivity contribution < 1.29 is 9.90 Å². The Morgan fingerprint density at radius 3 is 1.96 bits per heavy atom. The minimum absolute atomic E-state index is 0.298. The lowest BCUT2D eigenvalue weighted by atomic mass is 10.1. The van der Waals surface area contributed by atoms with Gasteiger partial charge in [0.2, 0.25) is 0 Å². The second kappa shape index (κ2) is 19.0. The molecule has 0 bridgehead atoms. The Labute approximate surface area is 147 Å². The van der Waals surface area contributed by atoms with E-state index in [9.17, 15) is 4.79 Å². The van der Waals surface area contributed by atoms with Gasteiger partial charge in [0, 0.05) is 6.42 Å². The van der Waals surface area contributed by atoms with Gasteiger partial charge in [-0.05, 0) is 38.5 Å². The number of allylic oxidation sites excluding steroid dienone is 11. The molecule has 0 saturated carbocycles. The van der Waals surface area contributed by atoms with Crippen molar-refractivity contribution in [2.45, 2.75) is 57.8 Å². The molecule has 0 aromatic carbocycles. The van der Waals surface area contributed by atoms with Crippen molar-refractivity contribution >= 4 is 5.97 Å². The molecular weight excluding hydrogens is 296 g/mol. The summed E-state index contributed by atoms with van der Waals surface area (Å²) in [6.07, 6.45) is 31.3. The molecule has 0 rings (SSSR count). The number of rotatable bonds is 15. The highest BCUT2D eigenvalue weighted by Gasteiger charge is 1.95. The highest BCUT2D eigenvalue weighted by Crippen LogP contribution is 2.05. The molecule has 0 aliphatic rings. The molecule has 132 valence electrons. The maximum absolute atomic E-state index is 10.3. The van der Waals surface area contributed by atoms with E-state index in [0.717, 1.165) is 51.4 Å². The van der Waals surface area contributed by atoms with Crippen molar-refractivity contribution in [3.63, 3.8) is 0 Å². The molecule has 2 nitrogen and oxygen atoms in total. The Bertz CT molecular complexity index is 451. The van der Waals surface area contributed by atoms with Gasteiger partial charge >= 0.3 is 5.97 Å². The van der Waals surface area contributed by atoms with E-state index in [1.165, 1.54) is 0 Å². The first kappa shape index (κ1) is 21.9. The number of carboxylic acid groups (broad SMARTS) is 1. The molecule has 0 atom stereocenters. The summed E-state index contributed by atoms with van der Waals surface area (Å²) in [6.45, 7) is 3.67. The van der Waals surface area contributed by atoms with Gasteiger partial charge in [0.05, 0.1) is 0 Å². The number of carbonyl (C=O) groups is 1. The van der Waals surface area contributed by atoms with Crippen LogP contribution in [0.15, 0.2) is 73.4 Å². The second-order valence-electron chi connectivity index (χ2n) is 5.53. The smallest absolute Gasteiger partial charge is 0.303 e. The summed E-state index contributed by atoms with van der Waals surface area (Å²) in [7, 11) is 0. The van der Waals surface area contributed by atoms with E-state index in [-0.39, 0.29) is 0 Å². The summed E-state index contributed by atoms with van der Waals surface area (Å²) in [5.74, 6) is -0.691. The number of hydrogen-bond donors (Lipinski definition) is 1. The summed E-state index contributed by atoms with van der Waals surface area (Å²) < 4.78 is 0.